The van der Waals surface area contributed by atoms with Crippen LogP contribution in [0.3, 0.4) is 0 Å². The van der Waals surface area contributed by atoms with E-state index in [4.69, 9.17) is 4.98 Å². The van der Waals surface area contributed by atoms with Crippen molar-refractivity contribution in [1.82, 2.24) is 15.0 Å². The molecule has 3 aromatic rings. The minimum absolute atomic E-state index is 0.788. The summed E-state index contributed by atoms with van der Waals surface area (Å²) in [6.07, 6.45) is 3.72. The van der Waals surface area contributed by atoms with Crippen LogP contribution in [0.2, 0.25) is 0 Å². The van der Waals surface area contributed by atoms with Crippen LogP contribution in [-0.2, 0) is 6.54 Å². The summed E-state index contributed by atoms with van der Waals surface area (Å²) in [5.74, 6) is 2.83. The van der Waals surface area contributed by atoms with Crippen molar-refractivity contribution in [2.45, 2.75) is 13.5 Å². The minimum atomic E-state index is 0.788. The maximum absolute atomic E-state index is 4.87. The first kappa shape index (κ1) is 18.2. The Kier molecular flexibility index (Phi) is 5.66. The Labute approximate surface area is 166 Å². The lowest BCUT2D eigenvalue weighted by Crippen LogP contribution is -2.47. The van der Waals surface area contributed by atoms with Gasteiger partial charge in [0.25, 0.3) is 0 Å². The lowest BCUT2D eigenvalue weighted by atomic mass is 10.2. The summed E-state index contributed by atoms with van der Waals surface area (Å²) in [7, 11) is 0. The summed E-state index contributed by atoms with van der Waals surface area (Å²) in [5, 5.41) is 0. The summed E-state index contributed by atoms with van der Waals surface area (Å²) in [6.45, 7) is 7.57. The van der Waals surface area contributed by atoms with E-state index < -0.39 is 0 Å². The fraction of sp³-hybridized carbons (Fsp3) is 0.318. The van der Waals surface area contributed by atoms with Gasteiger partial charge in [0.2, 0.25) is 5.95 Å². The molecule has 0 unspecified atom stereocenters. The quantitative estimate of drug-likeness (QED) is 0.660. The second-order valence-corrected chi connectivity index (χ2v) is 6.88. The average molecular weight is 374 g/mol. The molecule has 0 aliphatic carbocycles. The molecule has 1 aliphatic heterocycles. The Bertz CT molecular complexity index is 862. The van der Waals surface area contributed by atoms with Gasteiger partial charge in [-0.25, -0.2) is 9.97 Å². The van der Waals surface area contributed by atoms with Gasteiger partial charge in [0.05, 0.1) is 0 Å². The fourth-order valence-electron chi connectivity index (χ4n) is 3.50. The van der Waals surface area contributed by atoms with Crippen LogP contribution in [0.25, 0.3) is 0 Å². The van der Waals surface area contributed by atoms with Crippen molar-refractivity contribution >= 4 is 17.6 Å². The van der Waals surface area contributed by atoms with Crippen molar-refractivity contribution in [3.8, 4) is 0 Å². The molecule has 0 spiro atoms. The van der Waals surface area contributed by atoms with Crippen molar-refractivity contribution in [3.63, 3.8) is 0 Å². The summed E-state index contributed by atoms with van der Waals surface area (Å²) < 4.78 is 0. The minimum Gasteiger partial charge on any atom is -0.353 e. The number of aromatic nitrogens is 3. The second kappa shape index (κ2) is 8.69. The van der Waals surface area contributed by atoms with Gasteiger partial charge >= 0.3 is 0 Å². The van der Waals surface area contributed by atoms with Crippen LogP contribution in [0.4, 0.5) is 17.6 Å². The molecule has 2 aromatic heterocycles. The lowest BCUT2D eigenvalue weighted by Gasteiger charge is -2.36. The highest BCUT2D eigenvalue weighted by atomic mass is 15.3. The normalized spacial score (nSPS) is 14.2. The van der Waals surface area contributed by atoms with E-state index in [2.05, 4.69) is 61.9 Å². The van der Waals surface area contributed by atoms with E-state index in [0.717, 1.165) is 56.9 Å². The molecule has 0 N–H and O–H groups in total. The Balaban J connectivity index is 1.43. The SMILES string of the molecule is CCN(Cc1ccccc1)c1nccc(N2CCN(c3ccccn3)CC2)n1. The Hall–Kier alpha value is -3.15. The second-order valence-electron chi connectivity index (χ2n) is 6.88. The molecular formula is C22H26N6. The zero-order valence-corrected chi connectivity index (χ0v) is 16.3. The molecule has 6 heteroatoms. The molecule has 1 saturated heterocycles. The molecule has 3 heterocycles. The number of hydrogen-bond acceptors (Lipinski definition) is 6. The van der Waals surface area contributed by atoms with E-state index in [1.165, 1.54) is 5.56 Å². The van der Waals surface area contributed by atoms with Crippen LogP contribution >= 0.6 is 0 Å². The number of piperazine rings is 1. The van der Waals surface area contributed by atoms with Crippen molar-refractivity contribution in [2.24, 2.45) is 0 Å². The molecule has 1 fully saturated rings. The molecule has 0 atom stereocenters. The summed E-state index contributed by atoms with van der Waals surface area (Å²) in [4.78, 5) is 20.7. The van der Waals surface area contributed by atoms with Gasteiger partial charge in [-0.05, 0) is 30.7 Å². The highest BCUT2D eigenvalue weighted by Gasteiger charge is 2.20. The van der Waals surface area contributed by atoms with E-state index >= 15 is 0 Å². The first-order chi connectivity index (χ1) is 13.8. The Morgan fingerprint density at radius 3 is 2.18 bits per heavy atom. The molecule has 6 nitrogen and oxygen atoms in total. The zero-order valence-electron chi connectivity index (χ0n) is 16.3. The van der Waals surface area contributed by atoms with Crippen LogP contribution in [-0.4, -0.2) is 47.7 Å². The maximum Gasteiger partial charge on any atom is 0.227 e. The Morgan fingerprint density at radius 2 is 1.50 bits per heavy atom. The van der Waals surface area contributed by atoms with E-state index in [0.29, 0.717) is 0 Å². The smallest absolute Gasteiger partial charge is 0.227 e. The topological polar surface area (TPSA) is 48.4 Å². The molecule has 144 valence electrons. The largest absolute Gasteiger partial charge is 0.353 e. The third-order valence-electron chi connectivity index (χ3n) is 5.09. The fourth-order valence-corrected chi connectivity index (χ4v) is 3.50. The molecule has 0 amide bonds. The van der Waals surface area contributed by atoms with Gasteiger partial charge in [-0.1, -0.05) is 36.4 Å². The lowest BCUT2D eigenvalue weighted by molar-refractivity contribution is 0.640. The van der Waals surface area contributed by atoms with Gasteiger partial charge in [-0.2, -0.15) is 4.98 Å². The van der Waals surface area contributed by atoms with E-state index in [1.807, 2.05) is 36.7 Å². The number of rotatable bonds is 6. The molecular weight excluding hydrogens is 348 g/mol. The third kappa shape index (κ3) is 4.22. The van der Waals surface area contributed by atoms with Gasteiger partial charge in [-0.3, -0.25) is 0 Å². The van der Waals surface area contributed by atoms with Crippen molar-refractivity contribution in [3.05, 3.63) is 72.6 Å². The molecule has 1 aliphatic rings. The van der Waals surface area contributed by atoms with Crippen LogP contribution in [0.15, 0.2) is 67.0 Å². The first-order valence-electron chi connectivity index (χ1n) is 9.86. The van der Waals surface area contributed by atoms with Gasteiger partial charge in [-0.15, -0.1) is 0 Å². The number of hydrogen-bond donors (Lipinski definition) is 0. The number of benzene rings is 1. The number of pyridine rings is 1. The monoisotopic (exact) mass is 374 g/mol. The van der Waals surface area contributed by atoms with Crippen LogP contribution < -0.4 is 14.7 Å². The van der Waals surface area contributed by atoms with Gasteiger partial charge in [0, 0.05) is 51.7 Å². The average Bonchev–Trinajstić information content (AvgIpc) is 2.79. The highest BCUT2D eigenvalue weighted by molar-refractivity contribution is 5.47. The Morgan fingerprint density at radius 1 is 0.786 bits per heavy atom. The molecule has 4 rings (SSSR count). The predicted molar refractivity (Wildman–Crippen MR) is 114 cm³/mol. The van der Waals surface area contributed by atoms with Crippen LogP contribution in [0, 0.1) is 0 Å². The van der Waals surface area contributed by atoms with Crippen LogP contribution in [0.1, 0.15) is 12.5 Å². The van der Waals surface area contributed by atoms with Gasteiger partial charge in [0.15, 0.2) is 0 Å². The number of nitrogens with zero attached hydrogens (tertiary/aromatic N) is 6. The van der Waals surface area contributed by atoms with Crippen molar-refractivity contribution in [2.75, 3.05) is 47.4 Å². The van der Waals surface area contributed by atoms with Crippen molar-refractivity contribution < 1.29 is 0 Å². The molecule has 28 heavy (non-hydrogen) atoms. The highest BCUT2D eigenvalue weighted by Crippen LogP contribution is 2.20. The zero-order chi connectivity index (χ0) is 19.2. The number of anilines is 3. The van der Waals surface area contributed by atoms with E-state index in [1.54, 1.807) is 0 Å². The standard InChI is InChI=1S/C22H26N6/c1-2-26(18-19-8-4-3-5-9-19)22-24-13-11-21(25-22)28-16-14-27(15-17-28)20-10-6-7-12-23-20/h3-13H,2,14-18H2,1H3. The molecule has 0 radical (unpaired) electrons. The molecule has 0 bridgehead atoms. The summed E-state index contributed by atoms with van der Waals surface area (Å²) in [5.41, 5.74) is 1.27. The molecule has 0 saturated carbocycles. The summed E-state index contributed by atoms with van der Waals surface area (Å²) in [6, 6.07) is 18.5. The molecule has 1 aromatic carbocycles. The van der Waals surface area contributed by atoms with Gasteiger partial charge < -0.3 is 14.7 Å². The predicted octanol–water partition coefficient (Wildman–Crippen LogP) is 3.22. The van der Waals surface area contributed by atoms with Crippen molar-refractivity contribution in [1.29, 1.82) is 0 Å². The first-order valence-corrected chi connectivity index (χ1v) is 9.86. The van der Waals surface area contributed by atoms with E-state index in [9.17, 15) is 0 Å². The summed E-state index contributed by atoms with van der Waals surface area (Å²) >= 11 is 0. The van der Waals surface area contributed by atoms with E-state index in [-0.39, 0.29) is 0 Å². The third-order valence-corrected chi connectivity index (χ3v) is 5.09. The van der Waals surface area contributed by atoms with Crippen LogP contribution in [0.5, 0.6) is 0 Å². The van der Waals surface area contributed by atoms with Gasteiger partial charge in [0.1, 0.15) is 11.6 Å². The maximum atomic E-state index is 4.87.